The number of rotatable bonds is 6. The maximum Gasteiger partial charge on any atom is 0.222 e. The molecule has 19 heavy (non-hydrogen) atoms. The number of unbranched alkanes of at least 4 members (excludes halogenated alkanes) is 2. The molecular weight excluding hydrogens is 244 g/mol. The zero-order valence-electron chi connectivity index (χ0n) is 12.3. The van der Waals surface area contributed by atoms with Gasteiger partial charge in [-0.25, -0.2) is 0 Å². The van der Waals surface area contributed by atoms with Gasteiger partial charge < -0.3 is 15.0 Å². The van der Waals surface area contributed by atoms with Crippen LogP contribution in [0.1, 0.15) is 46.5 Å². The standard InChI is InChI=1S/C14H26N2O3/c1-11-10-19-12(2)9-16(11)14(18)7-5-4-6-8-15-13(3)17/h11-12H,4-10H2,1-3H3,(H,15,17). The minimum Gasteiger partial charge on any atom is -0.375 e. The van der Waals surface area contributed by atoms with Crippen LogP contribution in [0.25, 0.3) is 0 Å². The van der Waals surface area contributed by atoms with Gasteiger partial charge in [-0.1, -0.05) is 6.42 Å². The number of morpholine rings is 1. The Kier molecular flexibility index (Phi) is 6.84. The first kappa shape index (κ1) is 16.0. The van der Waals surface area contributed by atoms with E-state index in [1.54, 1.807) is 0 Å². The van der Waals surface area contributed by atoms with Gasteiger partial charge in [0.05, 0.1) is 18.8 Å². The summed E-state index contributed by atoms with van der Waals surface area (Å²) in [7, 11) is 0. The van der Waals surface area contributed by atoms with Crippen LogP contribution in [0.2, 0.25) is 0 Å². The van der Waals surface area contributed by atoms with E-state index in [2.05, 4.69) is 5.32 Å². The molecule has 0 aromatic carbocycles. The van der Waals surface area contributed by atoms with Crippen LogP contribution in [0, 0.1) is 0 Å². The Labute approximate surface area is 115 Å². The fraction of sp³-hybridized carbons (Fsp3) is 0.857. The topological polar surface area (TPSA) is 58.6 Å². The molecule has 1 saturated heterocycles. The van der Waals surface area contributed by atoms with Crippen LogP contribution in [0.3, 0.4) is 0 Å². The molecule has 0 aliphatic carbocycles. The average molecular weight is 270 g/mol. The predicted octanol–water partition coefficient (Wildman–Crippen LogP) is 1.32. The number of nitrogens with zero attached hydrogens (tertiary/aromatic N) is 1. The number of carbonyl (C=O) groups excluding carboxylic acids is 2. The second-order valence-corrected chi connectivity index (χ2v) is 5.33. The van der Waals surface area contributed by atoms with Gasteiger partial charge in [-0.15, -0.1) is 0 Å². The second kappa shape index (κ2) is 8.15. The lowest BCUT2D eigenvalue weighted by Crippen LogP contribution is -2.50. The fourth-order valence-electron chi connectivity index (χ4n) is 2.24. The fourth-order valence-corrected chi connectivity index (χ4v) is 2.24. The van der Waals surface area contributed by atoms with E-state index in [4.69, 9.17) is 4.74 Å². The summed E-state index contributed by atoms with van der Waals surface area (Å²) in [5, 5.41) is 2.76. The third-order valence-corrected chi connectivity index (χ3v) is 3.37. The molecule has 0 aromatic heterocycles. The third-order valence-electron chi connectivity index (χ3n) is 3.37. The number of amides is 2. The summed E-state index contributed by atoms with van der Waals surface area (Å²) in [4.78, 5) is 24.7. The molecule has 0 bridgehead atoms. The lowest BCUT2D eigenvalue weighted by molar-refractivity contribution is -0.143. The van der Waals surface area contributed by atoms with Crippen molar-refractivity contribution in [1.29, 1.82) is 0 Å². The first-order chi connectivity index (χ1) is 9.00. The summed E-state index contributed by atoms with van der Waals surface area (Å²) >= 11 is 0. The van der Waals surface area contributed by atoms with Crippen molar-refractivity contribution in [2.75, 3.05) is 19.7 Å². The minimum atomic E-state index is 0.00667. The summed E-state index contributed by atoms with van der Waals surface area (Å²) in [5.41, 5.74) is 0. The van der Waals surface area contributed by atoms with Crippen LogP contribution >= 0.6 is 0 Å². The lowest BCUT2D eigenvalue weighted by Gasteiger charge is -2.36. The van der Waals surface area contributed by atoms with E-state index >= 15 is 0 Å². The first-order valence-electron chi connectivity index (χ1n) is 7.16. The van der Waals surface area contributed by atoms with E-state index in [1.165, 1.54) is 6.92 Å². The van der Waals surface area contributed by atoms with E-state index < -0.39 is 0 Å². The van der Waals surface area contributed by atoms with Crippen molar-refractivity contribution >= 4 is 11.8 Å². The van der Waals surface area contributed by atoms with Crippen LogP contribution in [-0.2, 0) is 14.3 Å². The highest BCUT2D eigenvalue weighted by atomic mass is 16.5. The Hall–Kier alpha value is -1.10. The van der Waals surface area contributed by atoms with E-state index in [0.29, 0.717) is 26.1 Å². The molecule has 1 N–H and O–H groups in total. The Morgan fingerprint density at radius 3 is 2.68 bits per heavy atom. The largest absolute Gasteiger partial charge is 0.375 e. The Morgan fingerprint density at radius 2 is 2.00 bits per heavy atom. The van der Waals surface area contributed by atoms with Crippen LogP contribution < -0.4 is 5.32 Å². The highest BCUT2D eigenvalue weighted by molar-refractivity contribution is 5.76. The van der Waals surface area contributed by atoms with E-state index in [9.17, 15) is 9.59 Å². The molecule has 1 aliphatic rings. The maximum atomic E-state index is 12.1. The smallest absolute Gasteiger partial charge is 0.222 e. The summed E-state index contributed by atoms with van der Waals surface area (Å²) in [5.74, 6) is 0.231. The van der Waals surface area contributed by atoms with Crippen molar-refractivity contribution in [1.82, 2.24) is 10.2 Å². The van der Waals surface area contributed by atoms with Crippen molar-refractivity contribution < 1.29 is 14.3 Å². The molecule has 0 aromatic rings. The molecule has 5 nitrogen and oxygen atoms in total. The van der Waals surface area contributed by atoms with Crippen molar-refractivity contribution in [2.45, 2.75) is 58.6 Å². The van der Waals surface area contributed by atoms with Crippen molar-refractivity contribution in [3.8, 4) is 0 Å². The Balaban J connectivity index is 2.14. The molecule has 0 radical (unpaired) electrons. The summed E-state index contributed by atoms with van der Waals surface area (Å²) in [6.07, 6.45) is 3.52. The average Bonchev–Trinajstić information content (AvgIpc) is 2.36. The van der Waals surface area contributed by atoms with Crippen molar-refractivity contribution in [3.05, 3.63) is 0 Å². The zero-order chi connectivity index (χ0) is 14.3. The molecule has 2 amide bonds. The van der Waals surface area contributed by atoms with Crippen LogP contribution in [0.15, 0.2) is 0 Å². The molecule has 110 valence electrons. The summed E-state index contributed by atoms with van der Waals surface area (Å²) < 4.78 is 5.52. The molecule has 5 heteroatoms. The van der Waals surface area contributed by atoms with Gasteiger partial charge in [0.15, 0.2) is 0 Å². The third kappa shape index (κ3) is 6.05. The number of hydrogen-bond donors (Lipinski definition) is 1. The monoisotopic (exact) mass is 270 g/mol. The SMILES string of the molecule is CC(=O)NCCCCCC(=O)N1CC(C)OCC1C. The van der Waals surface area contributed by atoms with Gasteiger partial charge in [0.1, 0.15) is 0 Å². The molecular formula is C14H26N2O3. The molecule has 1 rings (SSSR count). The summed E-state index contributed by atoms with van der Waals surface area (Å²) in [6.45, 7) is 7.58. The van der Waals surface area contributed by atoms with Crippen molar-refractivity contribution in [2.24, 2.45) is 0 Å². The zero-order valence-corrected chi connectivity index (χ0v) is 12.3. The van der Waals surface area contributed by atoms with Gasteiger partial charge in [-0.3, -0.25) is 9.59 Å². The molecule has 1 heterocycles. The van der Waals surface area contributed by atoms with Gasteiger partial charge >= 0.3 is 0 Å². The second-order valence-electron chi connectivity index (χ2n) is 5.33. The normalized spacial score (nSPS) is 23.2. The van der Waals surface area contributed by atoms with Gasteiger partial charge in [-0.2, -0.15) is 0 Å². The maximum absolute atomic E-state index is 12.1. The predicted molar refractivity (Wildman–Crippen MR) is 73.7 cm³/mol. The van der Waals surface area contributed by atoms with Crippen LogP contribution in [0.4, 0.5) is 0 Å². The Morgan fingerprint density at radius 1 is 1.26 bits per heavy atom. The summed E-state index contributed by atoms with van der Waals surface area (Å²) in [6, 6.07) is 0.183. The van der Waals surface area contributed by atoms with E-state index in [0.717, 1.165) is 19.3 Å². The first-order valence-corrected chi connectivity index (χ1v) is 7.16. The highest BCUT2D eigenvalue weighted by Crippen LogP contribution is 2.14. The molecule has 1 fully saturated rings. The van der Waals surface area contributed by atoms with Crippen molar-refractivity contribution in [3.63, 3.8) is 0 Å². The number of nitrogens with one attached hydrogen (secondary N) is 1. The minimum absolute atomic E-state index is 0.00667. The molecule has 0 spiro atoms. The number of ether oxygens (including phenoxy) is 1. The van der Waals surface area contributed by atoms with E-state index in [-0.39, 0.29) is 24.0 Å². The van der Waals surface area contributed by atoms with Crippen LogP contribution in [0.5, 0.6) is 0 Å². The molecule has 2 unspecified atom stereocenters. The van der Waals surface area contributed by atoms with Gasteiger partial charge in [0.2, 0.25) is 11.8 Å². The quantitative estimate of drug-likeness (QED) is 0.741. The van der Waals surface area contributed by atoms with Gasteiger partial charge in [0.25, 0.3) is 0 Å². The number of carbonyl (C=O) groups is 2. The molecule has 0 saturated carbocycles. The number of hydrogen-bond acceptors (Lipinski definition) is 3. The molecule has 1 aliphatic heterocycles. The van der Waals surface area contributed by atoms with E-state index in [1.807, 2.05) is 18.7 Å². The lowest BCUT2D eigenvalue weighted by atomic mass is 10.1. The Bertz CT molecular complexity index is 307. The van der Waals surface area contributed by atoms with Gasteiger partial charge in [-0.05, 0) is 26.7 Å². The van der Waals surface area contributed by atoms with Crippen LogP contribution in [-0.4, -0.2) is 48.6 Å². The molecule has 2 atom stereocenters. The van der Waals surface area contributed by atoms with Gasteiger partial charge in [0, 0.05) is 26.4 Å². The highest BCUT2D eigenvalue weighted by Gasteiger charge is 2.26.